The lowest BCUT2D eigenvalue weighted by atomic mass is 9.76. The molecule has 1 unspecified atom stereocenters. The average molecular weight is 237 g/mol. The summed E-state index contributed by atoms with van der Waals surface area (Å²) in [7, 11) is 0. The van der Waals surface area contributed by atoms with Gasteiger partial charge in [0.05, 0.1) is 12.7 Å². The van der Waals surface area contributed by atoms with Crippen molar-refractivity contribution in [3.63, 3.8) is 0 Å². The third kappa shape index (κ3) is 3.24. The Kier molecular flexibility index (Phi) is 4.48. The van der Waals surface area contributed by atoms with Crippen LogP contribution >= 0.6 is 0 Å². The number of rotatable bonds is 4. The number of hydrogen-bond donors (Lipinski definition) is 0. The first-order valence-corrected chi connectivity index (χ1v) is 7.05. The van der Waals surface area contributed by atoms with Gasteiger partial charge < -0.3 is 9.64 Å². The van der Waals surface area contributed by atoms with E-state index in [1.807, 2.05) is 0 Å². The lowest BCUT2D eigenvalue weighted by Crippen LogP contribution is -2.40. The van der Waals surface area contributed by atoms with Crippen molar-refractivity contribution in [1.29, 1.82) is 0 Å². The average Bonchev–Trinajstić information content (AvgIpc) is 2.73. The number of unbranched alkanes of at least 4 members (excludes halogenated alkanes) is 1. The normalized spacial score (nSPS) is 28.4. The van der Waals surface area contributed by atoms with Crippen LogP contribution in [0.25, 0.3) is 0 Å². The van der Waals surface area contributed by atoms with Crippen LogP contribution < -0.4 is 0 Å². The van der Waals surface area contributed by atoms with Crippen LogP contribution in [0, 0.1) is 17.8 Å². The van der Waals surface area contributed by atoms with Gasteiger partial charge >= 0.3 is 0 Å². The molecule has 2 saturated heterocycles. The predicted molar refractivity (Wildman–Crippen MR) is 72.9 cm³/mol. The Morgan fingerprint density at radius 1 is 1.47 bits per heavy atom. The number of nitrogens with zero attached hydrogens (tertiary/aromatic N) is 1. The topological polar surface area (TPSA) is 12.5 Å². The number of hydrogen-bond acceptors (Lipinski definition) is 2. The van der Waals surface area contributed by atoms with Gasteiger partial charge in [0.25, 0.3) is 0 Å². The van der Waals surface area contributed by atoms with Crippen LogP contribution in [0.2, 0.25) is 0 Å². The maximum Gasteiger partial charge on any atom is 0.0690 e. The quantitative estimate of drug-likeness (QED) is 0.697. The monoisotopic (exact) mass is 237 g/mol. The Morgan fingerprint density at radius 2 is 2.24 bits per heavy atom. The van der Waals surface area contributed by atoms with Gasteiger partial charge in [0.2, 0.25) is 0 Å². The van der Waals surface area contributed by atoms with Crippen molar-refractivity contribution in [2.24, 2.45) is 5.41 Å². The van der Waals surface area contributed by atoms with Crippen molar-refractivity contribution in [1.82, 2.24) is 4.90 Å². The first-order chi connectivity index (χ1) is 8.28. The summed E-state index contributed by atoms with van der Waals surface area (Å²) in [4.78, 5) is 2.61. The molecule has 98 valence electrons. The van der Waals surface area contributed by atoms with Gasteiger partial charge in [-0.1, -0.05) is 13.3 Å². The van der Waals surface area contributed by atoms with Gasteiger partial charge in [-0.25, -0.2) is 0 Å². The first kappa shape index (κ1) is 12.9. The van der Waals surface area contributed by atoms with E-state index in [2.05, 4.69) is 17.7 Å². The van der Waals surface area contributed by atoms with Gasteiger partial charge in [-0.2, -0.15) is 0 Å². The summed E-state index contributed by atoms with van der Waals surface area (Å²) in [5.41, 5.74) is 0.463. The molecule has 1 atom stereocenters. The maximum atomic E-state index is 5.84. The third-order valence-electron chi connectivity index (χ3n) is 4.38. The zero-order valence-electron chi connectivity index (χ0n) is 11.1. The van der Waals surface area contributed by atoms with Gasteiger partial charge in [-0.3, -0.25) is 0 Å². The summed E-state index contributed by atoms with van der Waals surface area (Å²) in [6.07, 6.45) is 12.9. The lowest BCUT2D eigenvalue weighted by molar-refractivity contribution is 0.0659. The third-order valence-corrected chi connectivity index (χ3v) is 4.38. The van der Waals surface area contributed by atoms with Gasteiger partial charge in [0, 0.05) is 7.85 Å². The second-order valence-electron chi connectivity index (χ2n) is 5.74. The highest BCUT2D eigenvalue weighted by atomic mass is 16.5. The molecule has 0 radical (unpaired) electrons. The van der Waals surface area contributed by atoms with Gasteiger partial charge in [0.1, 0.15) is 0 Å². The molecule has 2 aliphatic heterocycles. The largest absolute Gasteiger partial charge is 0.377 e. The molecular weight excluding hydrogens is 210 g/mol. The second kappa shape index (κ2) is 5.89. The molecular formula is C15H27NO. The van der Waals surface area contributed by atoms with E-state index in [-0.39, 0.29) is 1.43 Å². The van der Waals surface area contributed by atoms with Gasteiger partial charge in [-0.15, -0.1) is 12.3 Å². The molecule has 0 bridgehead atoms. The lowest BCUT2D eigenvalue weighted by Gasteiger charge is -2.38. The van der Waals surface area contributed by atoms with Crippen LogP contribution in [0.4, 0.5) is 0 Å². The smallest absolute Gasteiger partial charge is 0.0690 e. The number of ether oxygens (including phenoxy) is 1. The standard InChI is InChI=1S/C15H25NO.H2/c1-3-5-9-16-10-7-15(8-11-16)12-14(6-4-2)17-13-15;/h2,14H,3,5-13H2,1H3;1H. The molecule has 2 heterocycles. The molecule has 2 nitrogen and oxygen atoms in total. The van der Waals surface area contributed by atoms with Crippen LogP contribution in [0.5, 0.6) is 0 Å². The fourth-order valence-corrected chi connectivity index (χ4v) is 3.14. The number of piperidine rings is 1. The van der Waals surface area contributed by atoms with Crippen molar-refractivity contribution in [3.05, 3.63) is 0 Å². The molecule has 0 N–H and O–H groups in total. The summed E-state index contributed by atoms with van der Waals surface area (Å²) >= 11 is 0. The zero-order valence-corrected chi connectivity index (χ0v) is 11.1. The summed E-state index contributed by atoms with van der Waals surface area (Å²) in [5, 5.41) is 0. The molecule has 2 heteroatoms. The molecule has 17 heavy (non-hydrogen) atoms. The van der Waals surface area contributed by atoms with Gasteiger partial charge in [-0.05, 0) is 50.7 Å². The highest BCUT2D eigenvalue weighted by molar-refractivity contribution is 4.97. The van der Waals surface area contributed by atoms with Crippen LogP contribution in [-0.4, -0.2) is 37.2 Å². The molecule has 2 fully saturated rings. The highest BCUT2D eigenvalue weighted by Gasteiger charge is 2.41. The number of terminal acetylenes is 1. The zero-order chi connectivity index (χ0) is 12.1. The molecule has 0 aromatic heterocycles. The molecule has 0 aliphatic carbocycles. The molecule has 0 saturated carbocycles. The Labute approximate surface area is 107 Å². The van der Waals surface area contributed by atoms with E-state index >= 15 is 0 Å². The van der Waals surface area contributed by atoms with Crippen molar-refractivity contribution in [2.45, 2.75) is 51.6 Å². The molecule has 2 rings (SSSR count). The van der Waals surface area contributed by atoms with E-state index in [1.54, 1.807) is 0 Å². The molecule has 2 aliphatic rings. The highest BCUT2D eigenvalue weighted by Crippen LogP contribution is 2.42. The molecule has 0 aromatic rings. The Balaban J connectivity index is 0.00000162. The predicted octanol–water partition coefficient (Wildman–Crippen LogP) is 2.93. The molecule has 0 amide bonds. The van der Waals surface area contributed by atoms with Crippen LogP contribution in [0.15, 0.2) is 0 Å². The fraction of sp³-hybridized carbons (Fsp3) is 0.867. The minimum atomic E-state index is 0. The van der Waals surface area contributed by atoms with E-state index < -0.39 is 0 Å². The van der Waals surface area contributed by atoms with Gasteiger partial charge in [0.15, 0.2) is 0 Å². The Bertz CT molecular complexity index is 279. The van der Waals surface area contributed by atoms with Crippen molar-refractivity contribution in [2.75, 3.05) is 26.2 Å². The summed E-state index contributed by atoms with van der Waals surface area (Å²) in [6.45, 7) is 7.00. The minimum Gasteiger partial charge on any atom is -0.377 e. The van der Waals surface area contributed by atoms with Crippen LogP contribution in [0.1, 0.15) is 46.9 Å². The van der Waals surface area contributed by atoms with E-state index in [0.717, 1.165) is 13.0 Å². The van der Waals surface area contributed by atoms with E-state index in [0.29, 0.717) is 11.5 Å². The van der Waals surface area contributed by atoms with E-state index in [1.165, 1.54) is 51.7 Å². The Morgan fingerprint density at radius 3 is 2.88 bits per heavy atom. The molecule has 0 aromatic carbocycles. The maximum absolute atomic E-state index is 5.84. The second-order valence-corrected chi connectivity index (χ2v) is 5.74. The minimum absolute atomic E-state index is 0. The number of likely N-dealkylation sites (tertiary alicyclic amines) is 1. The summed E-state index contributed by atoms with van der Waals surface area (Å²) < 4.78 is 5.84. The van der Waals surface area contributed by atoms with Crippen molar-refractivity contribution in [3.8, 4) is 12.3 Å². The summed E-state index contributed by atoms with van der Waals surface area (Å²) in [6, 6.07) is 0. The molecule has 1 spiro atoms. The van der Waals surface area contributed by atoms with E-state index in [4.69, 9.17) is 11.2 Å². The van der Waals surface area contributed by atoms with Crippen LogP contribution in [-0.2, 0) is 4.74 Å². The van der Waals surface area contributed by atoms with Crippen LogP contribution in [0.3, 0.4) is 0 Å². The van der Waals surface area contributed by atoms with Crippen molar-refractivity contribution < 1.29 is 6.16 Å². The van der Waals surface area contributed by atoms with Crippen molar-refractivity contribution >= 4 is 0 Å². The SMILES string of the molecule is C#CCC1CC2(CCN(CCCC)CC2)CO1.[HH]. The Hall–Kier alpha value is -0.520. The fourth-order valence-electron chi connectivity index (χ4n) is 3.14. The summed E-state index contributed by atoms with van der Waals surface area (Å²) in [5.74, 6) is 2.73. The van der Waals surface area contributed by atoms with E-state index in [9.17, 15) is 0 Å². The first-order valence-electron chi connectivity index (χ1n) is 7.05.